The van der Waals surface area contributed by atoms with E-state index in [2.05, 4.69) is 34.6 Å². The highest BCUT2D eigenvalue weighted by Gasteiger charge is 2.64. The number of hydrogen-bond acceptors (Lipinski definition) is 3. The predicted octanol–water partition coefficient (Wildman–Crippen LogP) is 6.72. The topological polar surface area (TPSA) is 63.4 Å². The molecular weight excluding hydrogens is 386 g/mol. The molecule has 4 rings (SSSR count). The van der Waals surface area contributed by atoms with Crippen molar-refractivity contribution in [3.63, 3.8) is 0 Å². The average Bonchev–Trinajstić information content (AvgIpc) is 3.05. The van der Waals surface area contributed by atoms with Crippen LogP contribution in [0, 0.1) is 62.4 Å². The number of rotatable bonds is 6. The van der Waals surface area contributed by atoms with E-state index in [1.165, 1.54) is 44.9 Å². The van der Waals surface area contributed by atoms with Crippen LogP contribution in [0.15, 0.2) is 0 Å². The van der Waals surface area contributed by atoms with Gasteiger partial charge in [-0.15, -0.1) is 0 Å². The van der Waals surface area contributed by atoms with Crippen molar-refractivity contribution < 1.29 is 10.0 Å². The summed E-state index contributed by atoms with van der Waals surface area (Å²) in [4.78, 5) is 12.2. The van der Waals surface area contributed by atoms with E-state index in [9.17, 15) is 15.2 Å². The number of hydrogen-bond donors (Lipinski definition) is 1. The molecule has 4 heteroatoms. The molecule has 0 aromatic carbocycles. The molecule has 0 radical (unpaired) electrons. The molecule has 0 bridgehead atoms. The van der Waals surface area contributed by atoms with E-state index in [-0.39, 0.29) is 22.4 Å². The Labute approximate surface area is 190 Å². The Kier molecular flexibility index (Phi) is 6.53. The first-order chi connectivity index (χ1) is 14.6. The zero-order valence-corrected chi connectivity index (χ0v) is 20.7. The summed E-state index contributed by atoms with van der Waals surface area (Å²) in [6.45, 7) is 12.1. The molecular formula is C27H47NO3. The van der Waals surface area contributed by atoms with Gasteiger partial charge in [0.05, 0.1) is 6.10 Å². The standard InChI is InChI=1S/C27H47NO3/c1-17(2)7-6-8-18(3)21-9-10-22-20-16-25(28(30)31)24-15-19(29)11-13-27(24,5)23(20)12-14-26(21,22)4/h17-25,29H,6-16H2,1-5H3/t18-,19+,20+,21?,22+,23+,24-,25+,26-,27-/m1/s1. The third kappa shape index (κ3) is 3.97. The molecule has 178 valence electrons. The molecule has 0 spiro atoms. The lowest BCUT2D eigenvalue weighted by molar-refractivity contribution is -0.547. The van der Waals surface area contributed by atoms with Gasteiger partial charge in [0.1, 0.15) is 0 Å². The Morgan fingerprint density at radius 1 is 0.935 bits per heavy atom. The highest BCUT2D eigenvalue weighted by Crippen LogP contribution is 2.68. The van der Waals surface area contributed by atoms with Crippen LogP contribution in [0.25, 0.3) is 0 Å². The fourth-order valence-corrected chi connectivity index (χ4v) is 9.54. The zero-order chi connectivity index (χ0) is 22.6. The molecule has 10 atom stereocenters. The second-order valence-electron chi connectivity index (χ2n) is 13.0. The molecule has 0 aliphatic heterocycles. The maximum Gasteiger partial charge on any atom is 0.216 e. The molecule has 1 unspecified atom stereocenters. The van der Waals surface area contributed by atoms with Gasteiger partial charge in [0.15, 0.2) is 0 Å². The third-order valence-corrected chi connectivity index (χ3v) is 11.1. The maximum atomic E-state index is 12.2. The van der Waals surface area contributed by atoms with E-state index in [0.717, 1.165) is 37.0 Å². The van der Waals surface area contributed by atoms with Crippen LogP contribution in [0.5, 0.6) is 0 Å². The normalized spacial score (nSPS) is 48.0. The van der Waals surface area contributed by atoms with E-state index in [0.29, 0.717) is 29.6 Å². The molecule has 0 aromatic rings. The van der Waals surface area contributed by atoms with Crippen LogP contribution in [0.1, 0.15) is 105 Å². The molecule has 31 heavy (non-hydrogen) atoms. The molecule has 0 aromatic heterocycles. The van der Waals surface area contributed by atoms with Crippen molar-refractivity contribution in [2.24, 2.45) is 52.3 Å². The molecule has 0 amide bonds. The van der Waals surface area contributed by atoms with Crippen molar-refractivity contribution in [1.82, 2.24) is 0 Å². The van der Waals surface area contributed by atoms with Crippen molar-refractivity contribution in [2.45, 2.75) is 117 Å². The summed E-state index contributed by atoms with van der Waals surface area (Å²) in [6.07, 6.45) is 12.1. The molecule has 1 N–H and O–H groups in total. The van der Waals surface area contributed by atoms with E-state index >= 15 is 0 Å². The summed E-state index contributed by atoms with van der Waals surface area (Å²) in [7, 11) is 0. The third-order valence-electron chi connectivity index (χ3n) is 11.1. The van der Waals surface area contributed by atoms with Crippen molar-refractivity contribution in [3.8, 4) is 0 Å². The monoisotopic (exact) mass is 433 g/mol. The summed E-state index contributed by atoms with van der Waals surface area (Å²) in [6, 6.07) is -0.453. The summed E-state index contributed by atoms with van der Waals surface area (Å²) >= 11 is 0. The largest absolute Gasteiger partial charge is 0.393 e. The fraction of sp³-hybridized carbons (Fsp3) is 1.00. The van der Waals surface area contributed by atoms with E-state index < -0.39 is 6.04 Å². The minimum absolute atomic E-state index is 0.0318. The molecule has 4 fully saturated rings. The predicted molar refractivity (Wildman–Crippen MR) is 125 cm³/mol. The molecule has 4 saturated carbocycles. The SMILES string of the molecule is CC(C)CCC[C@@H](C)C1CC[C@H]2[C@@H]3C[C@H]([N+](=O)[O-])[C@H]4C[C@@H](O)CC[C@]4(C)[C@H]3CC[C@]12C. The number of nitro groups is 1. The van der Waals surface area contributed by atoms with Gasteiger partial charge < -0.3 is 5.11 Å². The maximum absolute atomic E-state index is 12.2. The van der Waals surface area contributed by atoms with Gasteiger partial charge >= 0.3 is 0 Å². The molecule has 0 heterocycles. The summed E-state index contributed by atoms with van der Waals surface area (Å²) in [5.74, 6) is 4.21. The number of aliphatic hydroxyl groups excluding tert-OH is 1. The van der Waals surface area contributed by atoms with Gasteiger partial charge in [-0.3, -0.25) is 10.1 Å². The Morgan fingerprint density at radius 3 is 2.29 bits per heavy atom. The fourth-order valence-electron chi connectivity index (χ4n) is 9.54. The Morgan fingerprint density at radius 2 is 1.61 bits per heavy atom. The molecule has 4 aliphatic carbocycles. The second-order valence-corrected chi connectivity index (χ2v) is 13.0. The van der Waals surface area contributed by atoms with Gasteiger partial charge in [-0.25, -0.2) is 0 Å². The quantitative estimate of drug-likeness (QED) is 0.373. The first-order valence-corrected chi connectivity index (χ1v) is 13.4. The lowest BCUT2D eigenvalue weighted by atomic mass is 9.43. The van der Waals surface area contributed by atoms with Gasteiger partial charge in [-0.1, -0.05) is 53.9 Å². The van der Waals surface area contributed by atoms with E-state index in [1.807, 2.05) is 0 Å². The highest BCUT2D eigenvalue weighted by molar-refractivity contribution is 5.11. The lowest BCUT2D eigenvalue weighted by Crippen LogP contribution is -2.59. The van der Waals surface area contributed by atoms with Crippen LogP contribution < -0.4 is 0 Å². The van der Waals surface area contributed by atoms with Crippen LogP contribution in [0.4, 0.5) is 0 Å². The minimum atomic E-state index is -0.453. The molecule has 0 saturated heterocycles. The smallest absolute Gasteiger partial charge is 0.216 e. The lowest BCUT2D eigenvalue weighted by Gasteiger charge is -2.61. The van der Waals surface area contributed by atoms with Gasteiger partial charge in [-0.2, -0.15) is 0 Å². The van der Waals surface area contributed by atoms with Gasteiger partial charge in [0, 0.05) is 17.3 Å². The Balaban J connectivity index is 1.55. The van der Waals surface area contributed by atoms with Crippen LogP contribution >= 0.6 is 0 Å². The van der Waals surface area contributed by atoms with E-state index in [4.69, 9.17) is 0 Å². The van der Waals surface area contributed by atoms with Crippen LogP contribution in [0.3, 0.4) is 0 Å². The molecule has 4 nitrogen and oxygen atoms in total. The Bertz CT molecular complexity index is 665. The number of fused-ring (bicyclic) bond motifs is 5. The zero-order valence-electron chi connectivity index (χ0n) is 20.7. The van der Waals surface area contributed by atoms with Crippen LogP contribution in [-0.4, -0.2) is 22.2 Å². The summed E-state index contributed by atoms with van der Waals surface area (Å²) in [5, 5.41) is 22.5. The first-order valence-electron chi connectivity index (χ1n) is 13.4. The van der Waals surface area contributed by atoms with Crippen molar-refractivity contribution in [3.05, 3.63) is 10.1 Å². The van der Waals surface area contributed by atoms with Crippen molar-refractivity contribution >= 4 is 0 Å². The first kappa shape index (κ1) is 23.5. The Hall–Kier alpha value is -0.640. The number of nitrogens with zero attached hydrogens (tertiary/aromatic N) is 1. The van der Waals surface area contributed by atoms with Gasteiger partial charge in [0.25, 0.3) is 0 Å². The summed E-state index contributed by atoms with van der Waals surface area (Å²) < 4.78 is 0. The van der Waals surface area contributed by atoms with Gasteiger partial charge in [0.2, 0.25) is 6.04 Å². The minimum Gasteiger partial charge on any atom is -0.393 e. The van der Waals surface area contributed by atoms with Gasteiger partial charge in [-0.05, 0) is 91.3 Å². The second kappa shape index (κ2) is 8.61. The van der Waals surface area contributed by atoms with Crippen molar-refractivity contribution in [1.29, 1.82) is 0 Å². The van der Waals surface area contributed by atoms with Crippen LogP contribution in [-0.2, 0) is 0 Å². The van der Waals surface area contributed by atoms with E-state index in [1.54, 1.807) is 0 Å². The van der Waals surface area contributed by atoms with Crippen molar-refractivity contribution in [2.75, 3.05) is 0 Å². The number of aliphatic hydroxyl groups is 1. The van der Waals surface area contributed by atoms with Crippen LogP contribution in [0.2, 0.25) is 0 Å². The summed E-state index contributed by atoms with van der Waals surface area (Å²) in [5.41, 5.74) is 0.416. The molecule has 4 aliphatic rings. The highest BCUT2D eigenvalue weighted by atomic mass is 16.6. The average molecular weight is 434 g/mol.